The van der Waals surface area contributed by atoms with E-state index in [-0.39, 0.29) is 44.7 Å². The van der Waals surface area contributed by atoms with Crippen LogP contribution in [0.4, 0.5) is 0 Å². The minimum absolute atomic E-state index is 0.0432. The summed E-state index contributed by atoms with van der Waals surface area (Å²) in [7, 11) is 0. The first-order chi connectivity index (χ1) is 11.5. The second-order valence-corrected chi connectivity index (χ2v) is 4.85. The largest absolute Gasteiger partial charge is 0.481 e. The van der Waals surface area contributed by atoms with Gasteiger partial charge in [0.1, 0.15) is 19.7 Å². The average molecular weight is 339 g/mol. The number of carboxylic acid groups (broad SMARTS) is 1. The van der Waals surface area contributed by atoms with Crippen LogP contribution in [0.15, 0.2) is 17.4 Å². The van der Waals surface area contributed by atoms with Gasteiger partial charge in [0, 0.05) is 12.8 Å². The fourth-order valence-electron chi connectivity index (χ4n) is 1.88. The minimum Gasteiger partial charge on any atom is -0.481 e. The number of nitrogens with zero attached hydrogens (tertiary/aromatic N) is 4. The van der Waals surface area contributed by atoms with Gasteiger partial charge in [-0.1, -0.05) is 0 Å². The number of nitrogens with two attached hydrogens (primary N) is 1. The summed E-state index contributed by atoms with van der Waals surface area (Å²) in [4.78, 5) is 41.3. The molecule has 130 valence electrons. The molecule has 2 heterocycles. The number of ether oxygens (including phenoxy) is 2. The standard InChI is InChI=1S/C13H17N5O6/c14-18-7-16-12-11(13(18)22)15-6-17(12)8-23-4-5-24-10(21)3-1-2-9(19)20/h6-7H,1-5,8,14H2,(H,19,20). The van der Waals surface area contributed by atoms with E-state index in [2.05, 4.69) is 9.97 Å². The Morgan fingerprint density at radius 3 is 2.75 bits per heavy atom. The van der Waals surface area contributed by atoms with Crippen LogP contribution in [0.3, 0.4) is 0 Å². The number of hydrogen-bond donors (Lipinski definition) is 2. The first kappa shape index (κ1) is 17.4. The lowest BCUT2D eigenvalue weighted by Crippen LogP contribution is -2.27. The Morgan fingerprint density at radius 1 is 1.21 bits per heavy atom. The van der Waals surface area contributed by atoms with Gasteiger partial charge in [-0.25, -0.2) is 14.6 Å². The van der Waals surface area contributed by atoms with Crippen molar-refractivity contribution in [1.29, 1.82) is 0 Å². The van der Waals surface area contributed by atoms with Gasteiger partial charge in [-0.2, -0.15) is 0 Å². The van der Waals surface area contributed by atoms with Crippen molar-refractivity contribution < 1.29 is 24.2 Å². The molecule has 24 heavy (non-hydrogen) atoms. The second kappa shape index (κ2) is 8.06. The normalized spacial score (nSPS) is 10.8. The number of rotatable bonds is 9. The van der Waals surface area contributed by atoms with E-state index in [1.165, 1.54) is 17.2 Å². The van der Waals surface area contributed by atoms with Crippen LogP contribution in [-0.2, 0) is 25.8 Å². The Hall–Kier alpha value is -2.95. The van der Waals surface area contributed by atoms with Crippen molar-refractivity contribution in [2.45, 2.75) is 26.0 Å². The molecule has 0 aromatic carbocycles. The van der Waals surface area contributed by atoms with Gasteiger partial charge < -0.3 is 20.4 Å². The summed E-state index contributed by atoms with van der Waals surface area (Å²) in [5, 5.41) is 8.46. The van der Waals surface area contributed by atoms with E-state index in [1.807, 2.05) is 0 Å². The van der Waals surface area contributed by atoms with Gasteiger partial charge in [0.15, 0.2) is 11.2 Å². The fraction of sp³-hybridized carbons (Fsp3) is 0.462. The Kier molecular flexibility index (Phi) is 5.84. The predicted octanol–water partition coefficient (Wildman–Crippen LogP) is -0.921. The topological polar surface area (TPSA) is 152 Å². The second-order valence-electron chi connectivity index (χ2n) is 4.85. The number of aromatic nitrogens is 4. The molecule has 0 amide bonds. The van der Waals surface area contributed by atoms with Crippen LogP contribution in [0.25, 0.3) is 11.2 Å². The first-order valence-corrected chi connectivity index (χ1v) is 7.11. The van der Waals surface area contributed by atoms with Crippen LogP contribution in [0.1, 0.15) is 19.3 Å². The highest BCUT2D eigenvalue weighted by Crippen LogP contribution is 2.04. The summed E-state index contributed by atoms with van der Waals surface area (Å²) in [6.07, 6.45) is 2.80. The molecule has 0 aliphatic heterocycles. The van der Waals surface area contributed by atoms with E-state index in [9.17, 15) is 14.4 Å². The van der Waals surface area contributed by atoms with Crippen molar-refractivity contribution >= 4 is 23.1 Å². The van der Waals surface area contributed by atoms with E-state index < -0.39 is 17.5 Å². The molecule has 0 saturated carbocycles. The molecular weight excluding hydrogens is 322 g/mol. The molecule has 0 aliphatic carbocycles. The third-order valence-corrected chi connectivity index (χ3v) is 3.04. The van der Waals surface area contributed by atoms with E-state index >= 15 is 0 Å². The Balaban J connectivity index is 1.72. The van der Waals surface area contributed by atoms with Gasteiger partial charge in [0.2, 0.25) is 0 Å². The van der Waals surface area contributed by atoms with Crippen molar-refractivity contribution in [1.82, 2.24) is 19.2 Å². The lowest BCUT2D eigenvalue weighted by molar-refractivity contribution is -0.146. The summed E-state index contributed by atoms with van der Waals surface area (Å²) in [6.45, 7) is 0.258. The molecule has 2 aromatic heterocycles. The lowest BCUT2D eigenvalue weighted by atomic mass is 10.2. The van der Waals surface area contributed by atoms with Crippen LogP contribution < -0.4 is 11.4 Å². The number of carbonyl (C=O) groups is 2. The van der Waals surface area contributed by atoms with Crippen molar-refractivity contribution in [2.75, 3.05) is 19.1 Å². The summed E-state index contributed by atoms with van der Waals surface area (Å²) in [5.41, 5.74) is 0.00913. The molecule has 0 saturated heterocycles. The van der Waals surface area contributed by atoms with Crippen LogP contribution >= 0.6 is 0 Å². The highest BCUT2D eigenvalue weighted by Gasteiger charge is 2.09. The lowest BCUT2D eigenvalue weighted by Gasteiger charge is -2.07. The van der Waals surface area contributed by atoms with Crippen molar-refractivity contribution in [2.24, 2.45) is 0 Å². The number of carbonyl (C=O) groups excluding carboxylic acids is 1. The average Bonchev–Trinajstić information content (AvgIpc) is 2.94. The SMILES string of the molecule is Nn1cnc2c(ncn2COCCOC(=O)CCCC(=O)O)c1=O. The summed E-state index contributed by atoms with van der Waals surface area (Å²) >= 11 is 0. The smallest absolute Gasteiger partial charge is 0.305 e. The Labute approximate surface area is 135 Å². The number of esters is 1. The van der Waals surface area contributed by atoms with Gasteiger partial charge >= 0.3 is 11.9 Å². The number of hydrogen-bond acceptors (Lipinski definition) is 8. The summed E-state index contributed by atoms with van der Waals surface area (Å²) in [6, 6.07) is 0. The van der Waals surface area contributed by atoms with Crippen molar-refractivity contribution in [3.05, 3.63) is 23.0 Å². The molecule has 3 N–H and O–H groups in total. The van der Waals surface area contributed by atoms with E-state index in [0.29, 0.717) is 5.65 Å². The Morgan fingerprint density at radius 2 is 2.00 bits per heavy atom. The maximum atomic E-state index is 11.7. The number of nitrogen functional groups attached to an aromatic ring is 1. The van der Waals surface area contributed by atoms with Gasteiger partial charge in [0.25, 0.3) is 5.56 Å². The third-order valence-electron chi connectivity index (χ3n) is 3.04. The molecule has 0 fully saturated rings. The molecule has 0 radical (unpaired) electrons. The molecule has 2 aromatic rings. The number of aliphatic carboxylic acids is 1. The molecule has 0 bridgehead atoms. The zero-order valence-corrected chi connectivity index (χ0v) is 12.8. The van der Waals surface area contributed by atoms with Gasteiger partial charge in [0.05, 0.1) is 12.9 Å². The number of imidazole rings is 1. The van der Waals surface area contributed by atoms with Crippen LogP contribution in [-0.4, -0.2) is 49.5 Å². The highest BCUT2D eigenvalue weighted by molar-refractivity contribution is 5.71. The predicted molar refractivity (Wildman–Crippen MR) is 80.3 cm³/mol. The van der Waals surface area contributed by atoms with Crippen LogP contribution in [0, 0.1) is 0 Å². The molecule has 11 nitrogen and oxygen atoms in total. The fourth-order valence-corrected chi connectivity index (χ4v) is 1.88. The maximum Gasteiger partial charge on any atom is 0.305 e. The van der Waals surface area contributed by atoms with E-state index in [4.69, 9.17) is 20.4 Å². The molecule has 11 heteroatoms. The third kappa shape index (κ3) is 4.52. The Bertz CT molecular complexity index is 783. The number of carboxylic acids is 1. The first-order valence-electron chi connectivity index (χ1n) is 7.11. The molecule has 0 atom stereocenters. The van der Waals surface area contributed by atoms with Crippen molar-refractivity contribution in [3.63, 3.8) is 0 Å². The van der Waals surface area contributed by atoms with E-state index in [1.54, 1.807) is 0 Å². The highest BCUT2D eigenvalue weighted by atomic mass is 16.6. The van der Waals surface area contributed by atoms with Crippen molar-refractivity contribution in [3.8, 4) is 0 Å². The van der Waals surface area contributed by atoms with Gasteiger partial charge in [-0.3, -0.25) is 19.0 Å². The maximum absolute atomic E-state index is 11.7. The van der Waals surface area contributed by atoms with Gasteiger partial charge in [-0.15, -0.1) is 0 Å². The zero-order chi connectivity index (χ0) is 17.5. The quantitative estimate of drug-likeness (QED) is 0.335. The molecule has 0 spiro atoms. The number of fused-ring (bicyclic) bond motifs is 1. The molecule has 2 rings (SSSR count). The summed E-state index contributed by atoms with van der Waals surface area (Å²) in [5.74, 6) is 3.97. The van der Waals surface area contributed by atoms with Crippen LogP contribution in [0.2, 0.25) is 0 Å². The van der Waals surface area contributed by atoms with Gasteiger partial charge in [-0.05, 0) is 6.42 Å². The molecule has 0 aliphatic rings. The zero-order valence-electron chi connectivity index (χ0n) is 12.8. The minimum atomic E-state index is -0.950. The molecular formula is C13H17N5O6. The monoisotopic (exact) mass is 339 g/mol. The van der Waals surface area contributed by atoms with E-state index in [0.717, 1.165) is 4.68 Å². The summed E-state index contributed by atoms with van der Waals surface area (Å²) < 4.78 is 12.6. The molecule has 0 unspecified atom stereocenters. The van der Waals surface area contributed by atoms with Crippen LogP contribution in [0.5, 0.6) is 0 Å².